The van der Waals surface area contributed by atoms with E-state index in [4.69, 9.17) is 11.6 Å². The lowest BCUT2D eigenvalue weighted by atomic mass is 9.96. The second kappa shape index (κ2) is 5.81. The number of carbonyl (C=O) groups is 1. The summed E-state index contributed by atoms with van der Waals surface area (Å²) in [7, 11) is 2.12. The Morgan fingerprint density at radius 2 is 2.14 bits per heavy atom. The summed E-state index contributed by atoms with van der Waals surface area (Å²) in [6.07, 6.45) is 2.33. The largest absolute Gasteiger partial charge is 0.323 e. The number of hydrogen-bond acceptors (Lipinski definition) is 2. The highest BCUT2D eigenvalue weighted by Gasteiger charge is 2.34. The molecular formula is C15H19ClFN3O. The molecule has 1 aromatic carbocycles. The van der Waals surface area contributed by atoms with Gasteiger partial charge in [-0.2, -0.15) is 0 Å². The number of nitrogens with one attached hydrogen (secondary N) is 1. The van der Waals surface area contributed by atoms with Gasteiger partial charge in [-0.25, -0.2) is 9.18 Å². The first kappa shape index (κ1) is 14.6. The fraction of sp³-hybridized carbons (Fsp3) is 0.533. The maximum atomic E-state index is 13.1. The van der Waals surface area contributed by atoms with E-state index in [2.05, 4.69) is 17.3 Å². The highest BCUT2D eigenvalue weighted by molar-refractivity contribution is 6.31. The fourth-order valence-electron chi connectivity index (χ4n) is 3.26. The van der Waals surface area contributed by atoms with E-state index in [1.165, 1.54) is 24.6 Å². The third kappa shape index (κ3) is 3.14. The quantitative estimate of drug-likeness (QED) is 0.865. The van der Waals surface area contributed by atoms with E-state index in [1.807, 2.05) is 4.90 Å². The maximum absolute atomic E-state index is 13.1. The van der Waals surface area contributed by atoms with Gasteiger partial charge < -0.3 is 15.1 Å². The Hall–Kier alpha value is -1.33. The zero-order valence-corrected chi connectivity index (χ0v) is 12.7. The molecule has 3 saturated heterocycles. The summed E-state index contributed by atoms with van der Waals surface area (Å²) in [6.45, 7) is 2.58. The molecule has 3 heterocycles. The van der Waals surface area contributed by atoms with Crippen LogP contribution in [-0.2, 0) is 0 Å². The molecule has 1 N–H and O–H groups in total. The number of benzene rings is 1. The minimum Gasteiger partial charge on any atom is -0.323 e. The normalized spacial score (nSPS) is 25.8. The lowest BCUT2D eigenvalue weighted by Crippen LogP contribution is -2.42. The zero-order valence-electron chi connectivity index (χ0n) is 12.0. The number of halogens is 2. The molecule has 0 radical (unpaired) electrons. The van der Waals surface area contributed by atoms with Crippen LogP contribution in [0.5, 0.6) is 0 Å². The molecule has 0 saturated carbocycles. The van der Waals surface area contributed by atoms with Crippen LogP contribution in [-0.4, -0.2) is 48.6 Å². The zero-order chi connectivity index (χ0) is 15.0. The van der Waals surface area contributed by atoms with Gasteiger partial charge in [0.25, 0.3) is 0 Å². The number of anilines is 1. The van der Waals surface area contributed by atoms with Crippen molar-refractivity contribution in [1.82, 2.24) is 9.80 Å². The standard InChI is InChI=1S/C15H19ClFN3O/c1-19-7-10-2-4-12(19)9-20(8-10)15(21)18-11-3-5-14(17)13(16)6-11/h3,5-6,10,12H,2,4,7-9H2,1H3,(H,18,21)/t10-,12-/m0/s1. The average Bonchev–Trinajstić information content (AvgIpc) is 2.74. The van der Waals surface area contributed by atoms with E-state index in [-0.39, 0.29) is 11.1 Å². The van der Waals surface area contributed by atoms with Crippen molar-refractivity contribution in [2.75, 3.05) is 32.0 Å². The number of urea groups is 1. The molecule has 3 aliphatic heterocycles. The van der Waals surface area contributed by atoms with E-state index in [0.717, 1.165) is 26.1 Å². The lowest BCUT2D eigenvalue weighted by molar-refractivity contribution is 0.166. The Kier molecular flexibility index (Phi) is 4.04. The highest BCUT2D eigenvalue weighted by atomic mass is 35.5. The van der Waals surface area contributed by atoms with Crippen LogP contribution < -0.4 is 5.32 Å². The van der Waals surface area contributed by atoms with Crippen LogP contribution in [0.1, 0.15) is 12.8 Å². The molecule has 2 amide bonds. The number of fused-ring (bicyclic) bond motifs is 4. The smallest absolute Gasteiger partial charge is 0.321 e. The number of hydrogen-bond donors (Lipinski definition) is 1. The van der Waals surface area contributed by atoms with Crippen molar-refractivity contribution in [1.29, 1.82) is 0 Å². The molecule has 21 heavy (non-hydrogen) atoms. The Morgan fingerprint density at radius 1 is 1.33 bits per heavy atom. The Labute approximate surface area is 128 Å². The molecule has 4 nitrogen and oxygen atoms in total. The Balaban J connectivity index is 1.69. The van der Waals surface area contributed by atoms with Crippen LogP contribution in [0.3, 0.4) is 0 Å². The summed E-state index contributed by atoms with van der Waals surface area (Å²) >= 11 is 5.74. The molecule has 3 aliphatic rings. The predicted molar refractivity (Wildman–Crippen MR) is 81.1 cm³/mol. The van der Waals surface area contributed by atoms with Crippen molar-refractivity contribution < 1.29 is 9.18 Å². The van der Waals surface area contributed by atoms with E-state index in [9.17, 15) is 9.18 Å². The van der Waals surface area contributed by atoms with Gasteiger partial charge in [-0.3, -0.25) is 0 Å². The number of piperidine rings is 1. The van der Waals surface area contributed by atoms with Gasteiger partial charge in [-0.15, -0.1) is 0 Å². The van der Waals surface area contributed by atoms with Crippen molar-refractivity contribution in [2.45, 2.75) is 18.9 Å². The maximum Gasteiger partial charge on any atom is 0.321 e. The van der Waals surface area contributed by atoms with Gasteiger partial charge in [-0.05, 0) is 44.0 Å². The third-order valence-electron chi connectivity index (χ3n) is 4.45. The molecule has 2 bridgehead atoms. The first-order valence-corrected chi connectivity index (χ1v) is 7.62. The van der Waals surface area contributed by atoms with Gasteiger partial charge >= 0.3 is 6.03 Å². The highest BCUT2D eigenvalue weighted by Crippen LogP contribution is 2.27. The van der Waals surface area contributed by atoms with E-state index in [0.29, 0.717) is 17.6 Å². The van der Waals surface area contributed by atoms with Crippen LogP contribution in [0.15, 0.2) is 18.2 Å². The molecule has 3 fully saturated rings. The van der Waals surface area contributed by atoms with E-state index >= 15 is 0 Å². The van der Waals surface area contributed by atoms with Crippen LogP contribution >= 0.6 is 11.6 Å². The second-order valence-electron chi connectivity index (χ2n) is 6.00. The topological polar surface area (TPSA) is 35.6 Å². The lowest BCUT2D eigenvalue weighted by Gasteiger charge is -2.32. The van der Waals surface area contributed by atoms with Crippen molar-refractivity contribution in [3.63, 3.8) is 0 Å². The van der Waals surface area contributed by atoms with Crippen molar-refractivity contribution in [3.05, 3.63) is 29.0 Å². The van der Waals surface area contributed by atoms with Gasteiger partial charge in [0, 0.05) is 31.4 Å². The monoisotopic (exact) mass is 311 g/mol. The molecule has 114 valence electrons. The molecule has 1 aromatic rings. The van der Waals surface area contributed by atoms with Crippen LogP contribution in [0.25, 0.3) is 0 Å². The van der Waals surface area contributed by atoms with Crippen molar-refractivity contribution in [2.24, 2.45) is 5.92 Å². The van der Waals surface area contributed by atoms with Gasteiger partial charge in [0.05, 0.1) is 5.02 Å². The Morgan fingerprint density at radius 3 is 2.86 bits per heavy atom. The Bertz CT molecular complexity index is 554. The number of carbonyl (C=O) groups excluding carboxylic acids is 1. The summed E-state index contributed by atoms with van der Waals surface area (Å²) in [4.78, 5) is 16.6. The minimum atomic E-state index is -0.482. The summed E-state index contributed by atoms with van der Waals surface area (Å²) in [5.74, 6) is 0.0559. The van der Waals surface area contributed by atoms with E-state index in [1.54, 1.807) is 0 Å². The fourth-order valence-corrected chi connectivity index (χ4v) is 3.44. The first-order chi connectivity index (χ1) is 10.0. The first-order valence-electron chi connectivity index (χ1n) is 7.24. The van der Waals surface area contributed by atoms with Crippen LogP contribution in [0.4, 0.5) is 14.9 Å². The number of amides is 2. The molecule has 0 spiro atoms. The summed E-state index contributed by atoms with van der Waals surface area (Å²) in [5, 5.41) is 2.83. The number of likely N-dealkylation sites (N-methyl/N-ethyl adjacent to an activating group) is 1. The second-order valence-corrected chi connectivity index (χ2v) is 6.41. The SMILES string of the molecule is CN1C[C@@H]2CC[C@H]1CN(C(=O)Nc1ccc(F)c(Cl)c1)C2. The molecule has 0 aromatic heterocycles. The van der Waals surface area contributed by atoms with Crippen LogP contribution in [0, 0.1) is 11.7 Å². The van der Waals surface area contributed by atoms with Crippen molar-refractivity contribution in [3.8, 4) is 0 Å². The molecule has 2 atom stereocenters. The molecule has 0 aliphatic carbocycles. The molecular weight excluding hydrogens is 293 g/mol. The predicted octanol–water partition coefficient (Wildman–Crippen LogP) is 3.04. The van der Waals surface area contributed by atoms with E-state index < -0.39 is 5.82 Å². The summed E-state index contributed by atoms with van der Waals surface area (Å²) in [5.41, 5.74) is 0.524. The molecule has 0 unspecified atom stereocenters. The summed E-state index contributed by atoms with van der Waals surface area (Å²) in [6, 6.07) is 4.53. The van der Waals surface area contributed by atoms with Gasteiger partial charge in [0.15, 0.2) is 0 Å². The van der Waals surface area contributed by atoms with Gasteiger partial charge in [-0.1, -0.05) is 11.6 Å². The molecule has 4 rings (SSSR count). The summed E-state index contributed by atoms with van der Waals surface area (Å²) < 4.78 is 13.1. The third-order valence-corrected chi connectivity index (χ3v) is 4.74. The van der Waals surface area contributed by atoms with Gasteiger partial charge in [0.1, 0.15) is 5.82 Å². The number of rotatable bonds is 1. The minimum absolute atomic E-state index is 0.0171. The molecule has 6 heteroatoms. The van der Waals surface area contributed by atoms with Crippen molar-refractivity contribution >= 4 is 23.3 Å². The average molecular weight is 312 g/mol. The van der Waals surface area contributed by atoms with Crippen LogP contribution in [0.2, 0.25) is 5.02 Å². The van der Waals surface area contributed by atoms with Gasteiger partial charge in [0.2, 0.25) is 0 Å². The number of nitrogens with zero attached hydrogens (tertiary/aromatic N) is 2.